The predicted molar refractivity (Wildman–Crippen MR) is 91.8 cm³/mol. The second-order valence-electron chi connectivity index (χ2n) is 7.38. The summed E-state index contributed by atoms with van der Waals surface area (Å²) in [4.78, 5) is 11.8. The van der Waals surface area contributed by atoms with Crippen LogP contribution in [0.5, 0.6) is 0 Å². The monoisotopic (exact) mass is 356 g/mol. The lowest BCUT2D eigenvalue weighted by atomic mass is 9.94. The minimum Gasteiger partial charge on any atom is -0.288 e. The number of halogens is 3. The third-order valence-corrected chi connectivity index (χ3v) is 4.85. The SMILES string of the molecule is CCc1ccccc1CCCCC(N1CC(C)(C)C(=O)N1)C(F)(F)F. The molecule has 1 amide bonds. The van der Waals surface area contributed by atoms with E-state index in [1.165, 1.54) is 11.1 Å². The minimum absolute atomic E-state index is 0.00580. The summed E-state index contributed by atoms with van der Waals surface area (Å²) in [6.07, 6.45) is -1.48. The first kappa shape index (κ1) is 19.8. The molecule has 0 radical (unpaired) electrons. The molecule has 25 heavy (non-hydrogen) atoms. The van der Waals surface area contributed by atoms with E-state index in [0.717, 1.165) is 17.9 Å². The quantitative estimate of drug-likeness (QED) is 0.740. The first-order chi connectivity index (χ1) is 11.6. The third kappa shape index (κ3) is 4.97. The van der Waals surface area contributed by atoms with Gasteiger partial charge in [0.05, 0.1) is 5.41 Å². The Balaban J connectivity index is 1.92. The Morgan fingerprint density at radius 3 is 2.36 bits per heavy atom. The fourth-order valence-electron chi connectivity index (χ4n) is 3.30. The highest BCUT2D eigenvalue weighted by Crippen LogP contribution is 2.33. The number of nitrogens with one attached hydrogen (secondary N) is 1. The molecule has 1 aromatic carbocycles. The van der Waals surface area contributed by atoms with Gasteiger partial charge in [-0.25, -0.2) is 5.01 Å². The maximum Gasteiger partial charge on any atom is 0.405 e. The summed E-state index contributed by atoms with van der Waals surface area (Å²) >= 11 is 0. The van der Waals surface area contributed by atoms with Gasteiger partial charge in [0.15, 0.2) is 0 Å². The molecule has 1 aliphatic rings. The van der Waals surface area contributed by atoms with Crippen LogP contribution in [-0.2, 0) is 17.6 Å². The molecule has 1 fully saturated rings. The molecule has 3 nitrogen and oxygen atoms in total. The number of rotatable bonds is 7. The summed E-state index contributed by atoms with van der Waals surface area (Å²) in [6, 6.07) is 6.44. The smallest absolute Gasteiger partial charge is 0.288 e. The number of carbonyl (C=O) groups excluding carboxylic acids is 1. The highest BCUT2D eigenvalue weighted by molar-refractivity contribution is 5.83. The van der Waals surface area contributed by atoms with Crippen LogP contribution in [0.25, 0.3) is 0 Å². The molecule has 1 heterocycles. The van der Waals surface area contributed by atoms with Crippen molar-refractivity contribution in [2.45, 2.75) is 65.1 Å². The molecule has 0 spiro atoms. The van der Waals surface area contributed by atoms with Crippen molar-refractivity contribution in [3.63, 3.8) is 0 Å². The Morgan fingerprint density at radius 2 is 1.84 bits per heavy atom. The average Bonchev–Trinajstić information content (AvgIpc) is 2.79. The summed E-state index contributed by atoms with van der Waals surface area (Å²) in [5.41, 5.74) is 4.08. The van der Waals surface area contributed by atoms with Crippen molar-refractivity contribution < 1.29 is 18.0 Å². The lowest BCUT2D eigenvalue weighted by Crippen LogP contribution is -2.49. The molecule has 1 aromatic rings. The van der Waals surface area contributed by atoms with E-state index < -0.39 is 17.6 Å². The van der Waals surface area contributed by atoms with Crippen molar-refractivity contribution in [2.75, 3.05) is 6.54 Å². The molecule has 0 bridgehead atoms. The Bertz CT molecular complexity index is 599. The van der Waals surface area contributed by atoms with Gasteiger partial charge in [-0.3, -0.25) is 10.2 Å². The van der Waals surface area contributed by atoms with Crippen molar-refractivity contribution >= 4 is 5.91 Å². The Morgan fingerprint density at radius 1 is 1.20 bits per heavy atom. The molecule has 140 valence electrons. The maximum atomic E-state index is 13.4. The number of hydrazine groups is 1. The number of benzene rings is 1. The molecule has 2 rings (SSSR count). The van der Waals surface area contributed by atoms with Gasteiger partial charge in [-0.15, -0.1) is 0 Å². The minimum atomic E-state index is -4.35. The van der Waals surface area contributed by atoms with Crippen LogP contribution >= 0.6 is 0 Å². The van der Waals surface area contributed by atoms with Gasteiger partial charge >= 0.3 is 6.18 Å². The number of amides is 1. The number of unbranched alkanes of at least 4 members (excludes halogenated alkanes) is 1. The highest BCUT2D eigenvalue weighted by Gasteiger charge is 2.49. The van der Waals surface area contributed by atoms with Gasteiger partial charge in [0.25, 0.3) is 0 Å². The van der Waals surface area contributed by atoms with Crippen LogP contribution in [0.3, 0.4) is 0 Å². The Kier molecular flexibility index (Phi) is 6.14. The number of nitrogens with zero attached hydrogens (tertiary/aromatic N) is 1. The van der Waals surface area contributed by atoms with Crippen molar-refractivity contribution in [2.24, 2.45) is 5.41 Å². The van der Waals surface area contributed by atoms with Crippen LogP contribution in [-0.4, -0.2) is 29.7 Å². The molecule has 6 heteroatoms. The van der Waals surface area contributed by atoms with Gasteiger partial charge in [0.1, 0.15) is 6.04 Å². The van der Waals surface area contributed by atoms with Gasteiger partial charge in [0, 0.05) is 6.54 Å². The molecule has 1 unspecified atom stereocenters. The number of alkyl halides is 3. The predicted octanol–water partition coefficient (Wildman–Crippen LogP) is 4.27. The van der Waals surface area contributed by atoms with Crippen LogP contribution in [0.2, 0.25) is 0 Å². The van der Waals surface area contributed by atoms with E-state index in [9.17, 15) is 18.0 Å². The molecule has 1 saturated heterocycles. The van der Waals surface area contributed by atoms with Gasteiger partial charge in [-0.1, -0.05) is 37.6 Å². The Labute approximate surface area is 147 Å². The summed E-state index contributed by atoms with van der Waals surface area (Å²) in [6.45, 7) is 5.49. The van der Waals surface area contributed by atoms with Gasteiger partial charge < -0.3 is 0 Å². The fraction of sp³-hybridized carbons (Fsp3) is 0.632. The summed E-state index contributed by atoms with van der Waals surface area (Å²) in [7, 11) is 0. The van der Waals surface area contributed by atoms with Gasteiger partial charge in [0.2, 0.25) is 5.91 Å². The number of hydrogen-bond acceptors (Lipinski definition) is 2. The summed E-state index contributed by atoms with van der Waals surface area (Å²) < 4.78 is 40.3. The second-order valence-corrected chi connectivity index (χ2v) is 7.38. The van der Waals surface area contributed by atoms with Crippen LogP contribution in [0, 0.1) is 5.41 Å². The van der Waals surface area contributed by atoms with Crippen molar-refractivity contribution in [3.8, 4) is 0 Å². The van der Waals surface area contributed by atoms with E-state index in [0.29, 0.717) is 12.8 Å². The number of carbonyl (C=O) groups is 1. The van der Waals surface area contributed by atoms with Gasteiger partial charge in [-0.2, -0.15) is 13.2 Å². The molecule has 0 saturated carbocycles. The van der Waals surface area contributed by atoms with E-state index in [1.807, 2.05) is 18.2 Å². The molecule has 0 aliphatic carbocycles. The van der Waals surface area contributed by atoms with Crippen LogP contribution in [0.15, 0.2) is 24.3 Å². The van der Waals surface area contributed by atoms with E-state index >= 15 is 0 Å². The molecule has 1 atom stereocenters. The first-order valence-electron chi connectivity index (χ1n) is 8.86. The van der Waals surface area contributed by atoms with E-state index in [-0.39, 0.29) is 18.9 Å². The maximum absolute atomic E-state index is 13.4. The number of aryl methyl sites for hydroxylation is 2. The lowest BCUT2D eigenvalue weighted by Gasteiger charge is -2.29. The standard InChI is InChI=1S/C19H27F3N2O/c1-4-14-9-5-6-10-15(14)11-7-8-12-16(19(20,21)22)24-13-18(2,3)17(25)23-24/h5-6,9-10,16H,4,7-8,11-13H2,1-3H3,(H,23,25). The zero-order valence-corrected chi connectivity index (χ0v) is 15.1. The van der Waals surface area contributed by atoms with Crippen molar-refractivity contribution in [1.82, 2.24) is 10.4 Å². The first-order valence-corrected chi connectivity index (χ1v) is 8.86. The molecular weight excluding hydrogens is 329 g/mol. The summed E-state index contributed by atoms with van der Waals surface area (Å²) in [5, 5.41) is 1.07. The zero-order valence-electron chi connectivity index (χ0n) is 15.1. The Hall–Kier alpha value is -1.56. The average molecular weight is 356 g/mol. The van der Waals surface area contributed by atoms with Crippen molar-refractivity contribution in [1.29, 1.82) is 0 Å². The topological polar surface area (TPSA) is 32.3 Å². The van der Waals surface area contributed by atoms with Crippen molar-refractivity contribution in [3.05, 3.63) is 35.4 Å². The summed E-state index contributed by atoms with van der Waals surface area (Å²) in [5.74, 6) is -0.348. The zero-order chi connectivity index (χ0) is 18.7. The molecule has 1 N–H and O–H groups in total. The van der Waals surface area contributed by atoms with Crippen LogP contribution in [0.1, 0.15) is 51.2 Å². The molecule has 0 aromatic heterocycles. The molecule has 1 aliphatic heterocycles. The van der Waals surface area contributed by atoms with E-state index in [1.54, 1.807) is 13.8 Å². The molecular formula is C19H27F3N2O. The fourth-order valence-corrected chi connectivity index (χ4v) is 3.30. The lowest BCUT2D eigenvalue weighted by molar-refractivity contribution is -0.190. The largest absolute Gasteiger partial charge is 0.405 e. The normalized spacial score (nSPS) is 19.0. The van der Waals surface area contributed by atoms with Crippen LogP contribution < -0.4 is 5.43 Å². The van der Waals surface area contributed by atoms with E-state index in [4.69, 9.17) is 0 Å². The number of hydrogen-bond donors (Lipinski definition) is 1. The highest BCUT2D eigenvalue weighted by atomic mass is 19.4. The van der Waals surface area contributed by atoms with Gasteiger partial charge in [-0.05, 0) is 50.7 Å². The van der Waals surface area contributed by atoms with E-state index in [2.05, 4.69) is 18.4 Å². The van der Waals surface area contributed by atoms with Crippen LogP contribution in [0.4, 0.5) is 13.2 Å². The third-order valence-electron chi connectivity index (χ3n) is 4.85. The second kappa shape index (κ2) is 7.77.